The topological polar surface area (TPSA) is 50.6 Å². The van der Waals surface area contributed by atoms with Gasteiger partial charge < -0.3 is 14.5 Å². The van der Waals surface area contributed by atoms with Crippen molar-refractivity contribution in [3.63, 3.8) is 0 Å². The highest BCUT2D eigenvalue weighted by Crippen LogP contribution is 2.14. The van der Waals surface area contributed by atoms with E-state index in [0.29, 0.717) is 26.2 Å². The van der Waals surface area contributed by atoms with Crippen LogP contribution in [-0.4, -0.2) is 59.0 Å². The molecular weight excluding hydrogens is 232 g/mol. The highest BCUT2D eigenvalue weighted by molar-refractivity contribution is 5.73. The first-order valence-corrected chi connectivity index (χ1v) is 6.20. The van der Waals surface area contributed by atoms with Crippen LogP contribution < -0.4 is 0 Å². The molecule has 1 aromatic rings. The van der Waals surface area contributed by atoms with Crippen LogP contribution in [0.4, 0.5) is 4.79 Å². The monoisotopic (exact) mass is 252 g/mol. The minimum absolute atomic E-state index is 0.0000463. The maximum atomic E-state index is 12.1. The molecule has 2 amide bonds. The molecule has 1 aromatic heterocycles. The highest BCUT2D eigenvalue weighted by atomic mass is 16.5. The van der Waals surface area contributed by atoms with Crippen molar-refractivity contribution < 1.29 is 9.53 Å². The van der Waals surface area contributed by atoms with E-state index in [-0.39, 0.29) is 12.1 Å². The Kier molecular flexibility index (Phi) is 3.86. The Morgan fingerprint density at radius 1 is 1.56 bits per heavy atom. The van der Waals surface area contributed by atoms with Crippen molar-refractivity contribution in [1.29, 1.82) is 0 Å². The quantitative estimate of drug-likeness (QED) is 0.781. The molecule has 0 saturated carbocycles. The largest absolute Gasteiger partial charge is 0.375 e. The lowest BCUT2D eigenvalue weighted by Crippen LogP contribution is -2.42. The average Bonchev–Trinajstić information content (AvgIpc) is 2.68. The molecule has 0 unspecified atom stereocenters. The number of aromatic nitrogens is 2. The number of hydrogen-bond acceptors (Lipinski definition) is 3. The summed E-state index contributed by atoms with van der Waals surface area (Å²) in [6.07, 6.45) is 1.77. The van der Waals surface area contributed by atoms with E-state index >= 15 is 0 Å². The highest BCUT2D eigenvalue weighted by Gasteiger charge is 2.26. The van der Waals surface area contributed by atoms with E-state index in [1.807, 2.05) is 17.7 Å². The first-order valence-electron chi connectivity index (χ1n) is 6.20. The molecule has 0 spiro atoms. The van der Waals surface area contributed by atoms with Crippen molar-refractivity contribution in [1.82, 2.24) is 19.6 Å². The van der Waals surface area contributed by atoms with Crippen LogP contribution in [0.3, 0.4) is 0 Å². The number of carbonyl (C=O) groups is 1. The molecule has 1 aliphatic rings. The van der Waals surface area contributed by atoms with Gasteiger partial charge in [0.05, 0.1) is 31.4 Å². The number of urea groups is 1. The summed E-state index contributed by atoms with van der Waals surface area (Å²) in [6.45, 7) is 4.50. The molecule has 6 heteroatoms. The maximum absolute atomic E-state index is 12.1. The van der Waals surface area contributed by atoms with Crippen molar-refractivity contribution >= 4 is 6.03 Å². The zero-order valence-corrected chi connectivity index (χ0v) is 11.2. The number of hydrogen-bond donors (Lipinski definition) is 0. The van der Waals surface area contributed by atoms with Gasteiger partial charge in [0.2, 0.25) is 0 Å². The maximum Gasteiger partial charge on any atom is 0.319 e. The second-order valence-corrected chi connectivity index (χ2v) is 4.64. The third-order valence-corrected chi connectivity index (χ3v) is 3.01. The fourth-order valence-electron chi connectivity index (χ4n) is 2.18. The van der Waals surface area contributed by atoms with Gasteiger partial charge in [-0.05, 0) is 13.0 Å². The fraction of sp³-hybridized carbons (Fsp3) is 0.667. The van der Waals surface area contributed by atoms with E-state index in [0.717, 1.165) is 5.69 Å². The zero-order chi connectivity index (χ0) is 13.1. The molecule has 6 nitrogen and oxygen atoms in total. The van der Waals surface area contributed by atoms with E-state index in [1.165, 1.54) is 0 Å². The van der Waals surface area contributed by atoms with Crippen LogP contribution in [0.25, 0.3) is 0 Å². The Balaban J connectivity index is 2.19. The van der Waals surface area contributed by atoms with Crippen LogP contribution >= 0.6 is 0 Å². The van der Waals surface area contributed by atoms with Crippen molar-refractivity contribution in [3.05, 3.63) is 18.0 Å². The number of rotatable bonds is 2. The molecule has 0 saturated heterocycles. The molecule has 1 atom stereocenters. The number of ether oxygens (including phenoxy) is 1. The van der Waals surface area contributed by atoms with Gasteiger partial charge in [0.15, 0.2) is 0 Å². The van der Waals surface area contributed by atoms with Gasteiger partial charge in [0.25, 0.3) is 0 Å². The van der Waals surface area contributed by atoms with Crippen LogP contribution in [0.5, 0.6) is 0 Å². The summed E-state index contributed by atoms with van der Waals surface area (Å²) in [5.41, 5.74) is 1.05. The second kappa shape index (κ2) is 5.39. The number of fused-ring (bicyclic) bond motifs is 1. The summed E-state index contributed by atoms with van der Waals surface area (Å²) in [5, 5.41) is 4.27. The van der Waals surface area contributed by atoms with E-state index in [9.17, 15) is 4.79 Å². The Morgan fingerprint density at radius 2 is 2.33 bits per heavy atom. The fourth-order valence-corrected chi connectivity index (χ4v) is 2.18. The molecule has 18 heavy (non-hydrogen) atoms. The molecular formula is C12H20N4O2. The van der Waals surface area contributed by atoms with E-state index in [1.54, 1.807) is 30.1 Å². The zero-order valence-electron chi connectivity index (χ0n) is 11.2. The third kappa shape index (κ3) is 2.64. The van der Waals surface area contributed by atoms with Gasteiger partial charge in [0, 0.05) is 26.9 Å². The van der Waals surface area contributed by atoms with Gasteiger partial charge in [-0.25, -0.2) is 4.79 Å². The van der Waals surface area contributed by atoms with Crippen molar-refractivity contribution in [3.8, 4) is 0 Å². The standard InChI is InChI=1S/C12H20N4O2/c1-4-18-11-8-15(12(17)14(2)3)7-10-5-6-13-16(10)9-11/h5-6,11H,4,7-9H2,1-3H3/t11-/m0/s1. The third-order valence-electron chi connectivity index (χ3n) is 3.01. The summed E-state index contributed by atoms with van der Waals surface area (Å²) >= 11 is 0. The summed E-state index contributed by atoms with van der Waals surface area (Å²) in [4.78, 5) is 15.5. The Morgan fingerprint density at radius 3 is 3.00 bits per heavy atom. The van der Waals surface area contributed by atoms with Crippen LogP contribution in [0.15, 0.2) is 12.3 Å². The second-order valence-electron chi connectivity index (χ2n) is 4.64. The summed E-state index contributed by atoms with van der Waals surface area (Å²) < 4.78 is 7.60. The summed E-state index contributed by atoms with van der Waals surface area (Å²) in [5.74, 6) is 0. The van der Waals surface area contributed by atoms with E-state index in [4.69, 9.17) is 4.74 Å². The lowest BCUT2D eigenvalue weighted by Gasteiger charge is -2.26. The van der Waals surface area contributed by atoms with Crippen molar-refractivity contribution in [2.75, 3.05) is 27.2 Å². The van der Waals surface area contributed by atoms with Crippen LogP contribution in [0.2, 0.25) is 0 Å². The first kappa shape index (κ1) is 12.9. The molecule has 0 bridgehead atoms. The predicted molar refractivity (Wildman–Crippen MR) is 67.1 cm³/mol. The summed E-state index contributed by atoms with van der Waals surface area (Å²) in [6, 6.07) is 1.96. The SMILES string of the molecule is CCO[C@H]1CN(C(=O)N(C)C)Cc2ccnn2C1. The van der Waals surface area contributed by atoms with Gasteiger partial charge in [0.1, 0.15) is 0 Å². The Labute approximate surface area is 107 Å². The van der Waals surface area contributed by atoms with Gasteiger partial charge in [-0.15, -0.1) is 0 Å². The van der Waals surface area contributed by atoms with Crippen LogP contribution in [0, 0.1) is 0 Å². The Hall–Kier alpha value is -1.56. The normalized spacial score (nSPS) is 19.3. The van der Waals surface area contributed by atoms with Crippen molar-refractivity contribution in [2.24, 2.45) is 0 Å². The van der Waals surface area contributed by atoms with Crippen molar-refractivity contribution in [2.45, 2.75) is 26.1 Å². The molecule has 2 heterocycles. The Bertz CT molecular complexity index is 416. The number of nitrogens with zero attached hydrogens (tertiary/aromatic N) is 4. The smallest absolute Gasteiger partial charge is 0.319 e. The van der Waals surface area contributed by atoms with Gasteiger partial charge >= 0.3 is 6.03 Å². The molecule has 1 aliphatic heterocycles. The predicted octanol–water partition coefficient (Wildman–Crippen LogP) is 0.785. The average molecular weight is 252 g/mol. The minimum atomic E-state index is 0.0000463. The molecule has 0 fully saturated rings. The molecule has 0 radical (unpaired) electrons. The molecule has 0 N–H and O–H groups in total. The van der Waals surface area contributed by atoms with Gasteiger partial charge in [-0.3, -0.25) is 4.68 Å². The minimum Gasteiger partial charge on any atom is -0.375 e. The lowest BCUT2D eigenvalue weighted by molar-refractivity contribution is 0.0313. The number of amides is 2. The van der Waals surface area contributed by atoms with Gasteiger partial charge in [-0.1, -0.05) is 0 Å². The first-order chi connectivity index (χ1) is 8.61. The molecule has 0 aliphatic carbocycles. The molecule has 100 valence electrons. The summed E-state index contributed by atoms with van der Waals surface area (Å²) in [7, 11) is 3.53. The number of carbonyl (C=O) groups excluding carboxylic acids is 1. The van der Waals surface area contributed by atoms with E-state index < -0.39 is 0 Å². The van der Waals surface area contributed by atoms with E-state index in [2.05, 4.69) is 5.10 Å². The lowest BCUT2D eigenvalue weighted by atomic mass is 10.3. The molecule has 2 rings (SSSR count). The van der Waals surface area contributed by atoms with Gasteiger partial charge in [-0.2, -0.15) is 5.10 Å². The van der Waals surface area contributed by atoms with Crippen LogP contribution in [-0.2, 0) is 17.8 Å². The van der Waals surface area contributed by atoms with Crippen LogP contribution in [0.1, 0.15) is 12.6 Å². The molecule has 0 aromatic carbocycles.